The van der Waals surface area contributed by atoms with E-state index in [-0.39, 0.29) is 17.8 Å². The Hall–Kier alpha value is -2.34. The highest BCUT2D eigenvalue weighted by molar-refractivity contribution is 7.99. The number of nitrogens with one attached hydrogen (secondary N) is 2. The minimum Gasteiger partial charge on any atom is -0.460 e. The molecule has 1 aliphatic rings. The van der Waals surface area contributed by atoms with Crippen molar-refractivity contribution in [3.8, 4) is 0 Å². The van der Waals surface area contributed by atoms with E-state index in [4.69, 9.17) is 16.2 Å². The van der Waals surface area contributed by atoms with Crippen molar-refractivity contribution in [2.75, 3.05) is 18.1 Å². The van der Waals surface area contributed by atoms with Crippen molar-refractivity contribution < 1.29 is 28.7 Å². The average molecular weight is 516 g/mol. The lowest BCUT2D eigenvalue weighted by Crippen LogP contribution is -2.56. The molecular weight excluding hydrogens is 474 g/mol. The monoisotopic (exact) mass is 515 g/mol. The molecule has 0 bridgehead atoms. The average Bonchev–Trinajstić information content (AvgIpc) is 3.20. The number of hydrogen-bond donors (Lipinski definition) is 4. The predicted molar refractivity (Wildman–Crippen MR) is 134 cm³/mol. The zero-order valence-corrected chi connectivity index (χ0v) is 22.2. The number of nitrogens with zero attached hydrogens (tertiary/aromatic N) is 1. The molecule has 1 saturated heterocycles. The Labute approximate surface area is 211 Å². The molecule has 0 aromatic heterocycles. The number of primary amides is 1. The molecule has 11 nitrogen and oxygen atoms in total. The molecule has 1 aliphatic heterocycles. The molecule has 0 spiro atoms. The van der Waals surface area contributed by atoms with Gasteiger partial charge in [-0.3, -0.25) is 24.5 Å². The van der Waals surface area contributed by atoms with Gasteiger partial charge in [0.05, 0.1) is 6.04 Å². The third kappa shape index (κ3) is 11.8. The van der Waals surface area contributed by atoms with E-state index in [9.17, 15) is 24.0 Å². The van der Waals surface area contributed by atoms with E-state index in [0.717, 1.165) is 0 Å². The van der Waals surface area contributed by atoms with Gasteiger partial charge in [-0.05, 0) is 58.1 Å². The maximum Gasteiger partial charge on any atom is 0.318 e. The first-order chi connectivity index (χ1) is 16.2. The molecule has 35 heavy (non-hydrogen) atoms. The zero-order chi connectivity index (χ0) is 26.8. The number of hydrogen-bond acceptors (Lipinski definition) is 8. The second-order valence-electron chi connectivity index (χ2n) is 10.1. The molecule has 3 atom stereocenters. The molecular formula is C23H41N5O6S. The molecule has 1 fully saturated rings. The number of amides is 5. The van der Waals surface area contributed by atoms with Gasteiger partial charge in [0.1, 0.15) is 17.7 Å². The number of esters is 1. The Bertz CT molecular complexity index is 770. The van der Waals surface area contributed by atoms with Crippen LogP contribution in [0.5, 0.6) is 0 Å². The van der Waals surface area contributed by atoms with Crippen LogP contribution in [0.1, 0.15) is 66.7 Å². The summed E-state index contributed by atoms with van der Waals surface area (Å²) in [5, 5.41) is 4.66. The largest absolute Gasteiger partial charge is 0.460 e. The molecule has 0 aliphatic carbocycles. The predicted octanol–water partition coefficient (Wildman–Crippen LogP) is 0.886. The Balaban J connectivity index is 2.58. The smallest absolute Gasteiger partial charge is 0.318 e. The van der Waals surface area contributed by atoms with Crippen LogP contribution in [-0.4, -0.2) is 76.4 Å². The van der Waals surface area contributed by atoms with E-state index >= 15 is 0 Å². The molecule has 3 unspecified atom stereocenters. The Morgan fingerprint density at radius 3 is 2.40 bits per heavy atom. The van der Waals surface area contributed by atoms with E-state index in [1.165, 1.54) is 16.7 Å². The van der Waals surface area contributed by atoms with Crippen molar-refractivity contribution >= 4 is 41.5 Å². The van der Waals surface area contributed by atoms with E-state index in [1.807, 2.05) is 39.9 Å². The zero-order valence-electron chi connectivity index (χ0n) is 21.4. The number of nitrogens with two attached hydrogens (primary N) is 2. The number of imide groups is 1. The minimum atomic E-state index is -0.995. The summed E-state index contributed by atoms with van der Waals surface area (Å²) in [5.41, 5.74) is 10.6. The number of carbonyl (C=O) groups is 5. The number of ether oxygens (including phenoxy) is 1. The fourth-order valence-corrected chi connectivity index (χ4v) is 4.60. The van der Waals surface area contributed by atoms with Gasteiger partial charge in [-0.25, -0.2) is 4.79 Å². The lowest BCUT2D eigenvalue weighted by molar-refractivity contribution is -0.154. The summed E-state index contributed by atoms with van der Waals surface area (Å²) in [5.74, 6) is -0.659. The summed E-state index contributed by atoms with van der Waals surface area (Å²) in [7, 11) is 0. The van der Waals surface area contributed by atoms with Crippen molar-refractivity contribution in [1.29, 1.82) is 0 Å². The Morgan fingerprint density at radius 1 is 1.17 bits per heavy atom. The van der Waals surface area contributed by atoms with Crippen molar-refractivity contribution in [2.24, 2.45) is 17.4 Å². The van der Waals surface area contributed by atoms with Gasteiger partial charge in [-0.15, -0.1) is 0 Å². The normalized spacial score (nSPS) is 17.6. The van der Waals surface area contributed by atoms with Crippen LogP contribution in [0.3, 0.4) is 0 Å². The molecule has 1 heterocycles. The third-order valence-corrected chi connectivity index (χ3v) is 6.30. The molecule has 5 amide bonds. The van der Waals surface area contributed by atoms with Crippen LogP contribution in [-0.2, 0) is 23.9 Å². The first-order valence-electron chi connectivity index (χ1n) is 12.0. The summed E-state index contributed by atoms with van der Waals surface area (Å²) in [6, 6.07) is -3.46. The molecule has 1 rings (SSSR count). The summed E-state index contributed by atoms with van der Waals surface area (Å²) in [6.45, 7) is 9.61. The lowest BCUT2D eigenvalue weighted by Gasteiger charge is -2.28. The van der Waals surface area contributed by atoms with Crippen molar-refractivity contribution in [3.63, 3.8) is 0 Å². The fraction of sp³-hybridized carbons (Fsp3) is 0.783. The van der Waals surface area contributed by atoms with Crippen LogP contribution in [0.15, 0.2) is 0 Å². The first-order valence-corrected chi connectivity index (χ1v) is 13.1. The lowest BCUT2D eigenvalue weighted by atomic mass is 10.0. The van der Waals surface area contributed by atoms with Gasteiger partial charge in [0, 0.05) is 18.7 Å². The van der Waals surface area contributed by atoms with Gasteiger partial charge in [-0.1, -0.05) is 13.8 Å². The maximum atomic E-state index is 12.9. The molecule has 6 N–H and O–H groups in total. The maximum absolute atomic E-state index is 12.9. The van der Waals surface area contributed by atoms with Gasteiger partial charge in [0.25, 0.3) is 5.91 Å². The standard InChI is InChI=1S/C23H41N5O6S/c1-14(2)12-16(19(30)27-22(25)33)26-20(31)17-8-6-10-28(17)21(32)15(24)13-35-11-7-9-18(29)34-23(3,4)5/h14-17H,6-13,24H2,1-5H3,(H,26,31)(H3,25,27,30,33). The van der Waals surface area contributed by atoms with E-state index < -0.39 is 41.6 Å². The van der Waals surface area contributed by atoms with Gasteiger partial charge in [0.2, 0.25) is 11.8 Å². The SMILES string of the molecule is CC(C)CC(NC(=O)C1CCCN1C(=O)C(N)CSCCCC(=O)OC(C)(C)C)C(=O)NC(N)=O. The van der Waals surface area contributed by atoms with Crippen LogP contribution in [0.2, 0.25) is 0 Å². The molecule has 0 radical (unpaired) electrons. The molecule has 0 aromatic carbocycles. The van der Waals surface area contributed by atoms with Gasteiger partial charge in [-0.2, -0.15) is 11.8 Å². The quantitative estimate of drug-likeness (QED) is 0.219. The highest BCUT2D eigenvalue weighted by Crippen LogP contribution is 2.20. The second kappa shape index (κ2) is 14.3. The molecule has 12 heteroatoms. The second-order valence-corrected chi connectivity index (χ2v) is 11.3. The summed E-state index contributed by atoms with van der Waals surface area (Å²) in [4.78, 5) is 62.4. The van der Waals surface area contributed by atoms with Crippen LogP contribution in [0.4, 0.5) is 4.79 Å². The van der Waals surface area contributed by atoms with Crippen LogP contribution in [0.25, 0.3) is 0 Å². The van der Waals surface area contributed by atoms with Gasteiger partial charge < -0.3 is 26.4 Å². The number of thioether (sulfide) groups is 1. The molecule has 0 aromatic rings. The summed E-state index contributed by atoms with van der Waals surface area (Å²) >= 11 is 1.47. The highest BCUT2D eigenvalue weighted by Gasteiger charge is 2.37. The number of urea groups is 1. The highest BCUT2D eigenvalue weighted by atomic mass is 32.2. The molecule has 0 saturated carbocycles. The van der Waals surface area contributed by atoms with E-state index in [1.54, 1.807) is 0 Å². The van der Waals surface area contributed by atoms with Crippen LogP contribution >= 0.6 is 11.8 Å². The molecule has 200 valence electrons. The number of carbonyl (C=O) groups excluding carboxylic acids is 5. The summed E-state index contributed by atoms with van der Waals surface area (Å²) < 4.78 is 5.27. The van der Waals surface area contributed by atoms with Crippen LogP contribution < -0.4 is 22.1 Å². The van der Waals surface area contributed by atoms with Gasteiger partial charge >= 0.3 is 12.0 Å². The van der Waals surface area contributed by atoms with Gasteiger partial charge in [0.15, 0.2) is 0 Å². The van der Waals surface area contributed by atoms with E-state index in [2.05, 4.69) is 5.32 Å². The minimum absolute atomic E-state index is 0.0704. The topological polar surface area (TPSA) is 174 Å². The number of likely N-dealkylation sites (tertiary alicyclic amines) is 1. The Morgan fingerprint density at radius 2 is 1.83 bits per heavy atom. The van der Waals surface area contributed by atoms with Crippen molar-refractivity contribution in [1.82, 2.24) is 15.5 Å². The first kappa shape index (κ1) is 30.7. The van der Waals surface area contributed by atoms with Crippen LogP contribution in [0, 0.1) is 5.92 Å². The van der Waals surface area contributed by atoms with Crippen molar-refractivity contribution in [2.45, 2.75) is 90.4 Å². The Kier molecular flexibility index (Phi) is 12.5. The van der Waals surface area contributed by atoms with E-state index in [0.29, 0.717) is 50.2 Å². The fourth-order valence-electron chi connectivity index (χ4n) is 3.69. The summed E-state index contributed by atoms with van der Waals surface area (Å²) in [6.07, 6.45) is 2.31. The third-order valence-electron chi connectivity index (χ3n) is 5.13. The van der Waals surface area contributed by atoms with Crippen molar-refractivity contribution in [3.05, 3.63) is 0 Å². The number of rotatable bonds is 12.